The lowest BCUT2D eigenvalue weighted by Crippen LogP contribution is -2.02. The second-order valence-electron chi connectivity index (χ2n) is 11.5. The molecule has 0 radical (unpaired) electrons. The quantitative estimate of drug-likeness (QED) is 0.197. The molecular formula is C42H27N5. The van der Waals surface area contributed by atoms with E-state index in [1.807, 2.05) is 36.5 Å². The molecule has 0 aliphatic rings. The summed E-state index contributed by atoms with van der Waals surface area (Å²) in [4.78, 5) is 20.0. The average Bonchev–Trinajstić information content (AvgIpc) is 3.49. The first kappa shape index (κ1) is 26.9. The summed E-state index contributed by atoms with van der Waals surface area (Å²) in [5, 5.41) is 3.51. The van der Waals surface area contributed by atoms with E-state index >= 15 is 0 Å². The van der Waals surface area contributed by atoms with Crippen molar-refractivity contribution in [3.05, 3.63) is 164 Å². The molecular weight excluding hydrogens is 574 g/mol. The van der Waals surface area contributed by atoms with E-state index in [9.17, 15) is 0 Å². The van der Waals surface area contributed by atoms with E-state index < -0.39 is 0 Å². The van der Waals surface area contributed by atoms with Crippen molar-refractivity contribution >= 4 is 32.7 Å². The van der Waals surface area contributed by atoms with E-state index in [2.05, 4.69) is 132 Å². The SMILES string of the molecule is c1ccc(-c2ccccc2-c2nc(-c3ccc(-n4c5ccccc5c5ccccc54)cc3)nc(-c3cccc4cccnc34)n2)cc1. The van der Waals surface area contributed by atoms with Crippen molar-refractivity contribution in [3.63, 3.8) is 0 Å². The maximum absolute atomic E-state index is 5.11. The minimum Gasteiger partial charge on any atom is -0.309 e. The molecule has 9 aromatic rings. The molecule has 0 fully saturated rings. The van der Waals surface area contributed by atoms with Gasteiger partial charge in [0.25, 0.3) is 0 Å². The Morgan fingerprint density at radius 1 is 0.383 bits per heavy atom. The van der Waals surface area contributed by atoms with Crippen LogP contribution in [0, 0.1) is 0 Å². The number of para-hydroxylation sites is 3. The molecule has 220 valence electrons. The van der Waals surface area contributed by atoms with Gasteiger partial charge in [0, 0.05) is 44.7 Å². The summed E-state index contributed by atoms with van der Waals surface area (Å²) in [5.41, 5.74) is 9.17. The van der Waals surface area contributed by atoms with Crippen molar-refractivity contribution in [2.45, 2.75) is 0 Å². The monoisotopic (exact) mass is 601 g/mol. The van der Waals surface area contributed by atoms with Crippen molar-refractivity contribution in [1.82, 2.24) is 24.5 Å². The third-order valence-electron chi connectivity index (χ3n) is 8.73. The number of pyridine rings is 1. The van der Waals surface area contributed by atoms with Crippen LogP contribution in [0.15, 0.2) is 164 Å². The highest BCUT2D eigenvalue weighted by molar-refractivity contribution is 6.09. The Morgan fingerprint density at radius 2 is 0.957 bits per heavy atom. The van der Waals surface area contributed by atoms with E-state index in [1.54, 1.807) is 0 Å². The fourth-order valence-electron chi connectivity index (χ4n) is 6.54. The summed E-state index contributed by atoms with van der Waals surface area (Å²) >= 11 is 0. The van der Waals surface area contributed by atoms with Crippen molar-refractivity contribution < 1.29 is 0 Å². The predicted octanol–water partition coefficient (Wildman–Crippen LogP) is 10.2. The van der Waals surface area contributed by atoms with Crippen LogP contribution in [-0.4, -0.2) is 24.5 Å². The first-order chi connectivity index (χ1) is 23.3. The lowest BCUT2D eigenvalue weighted by Gasteiger charge is -2.13. The molecule has 0 bridgehead atoms. The zero-order chi connectivity index (χ0) is 31.2. The normalized spacial score (nSPS) is 11.4. The van der Waals surface area contributed by atoms with Gasteiger partial charge in [-0.05, 0) is 59.7 Å². The first-order valence-corrected chi connectivity index (χ1v) is 15.7. The number of hydrogen-bond donors (Lipinski definition) is 0. The van der Waals surface area contributed by atoms with Gasteiger partial charge in [-0.1, -0.05) is 109 Å². The van der Waals surface area contributed by atoms with E-state index in [0.717, 1.165) is 44.4 Å². The topological polar surface area (TPSA) is 56.5 Å². The fourth-order valence-corrected chi connectivity index (χ4v) is 6.54. The molecule has 9 rings (SSSR count). The smallest absolute Gasteiger partial charge is 0.166 e. The van der Waals surface area contributed by atoms with Crippen molar-refractivity contribution in [3.8, 4) is 51.0 Å². The third kappa shape index (κ3) is 4.64. The van der Waals surface area contributed by atoms with Gasteiger partial charge >= 0.3 is 0 Å². The number of rotatable bonds is 5. The molecule has 0 aliphatic heterocycles. The molecule has 0 N–H and O–H groups in total. The van der Waals surface area contributed by atoms with Gasteiger partial charge in [0.1, 0.15) is 0 Å². The Balaban J connectivity index is 1.23. The number of hydrogen-bond acceptors (Lipinski definition) is 4. The highest BCUT2D eigenvalue weighted by Crippen LogP contribution is 2.35. The van der Waals surface area contributed by atoms with Crippen LogP contribution < -0.4 is 0 Å². The van der Waals surface area contributed by atoms with Gasteiger partial charge in [0.05, 0.1) is 16.6 Å². The molecule has 5 nitrogen and oxygen atoms in total. The number of fused-ring (bicyclic) bond motifs is 4. The Kier molecular flexibility index (Phi) is 6.39. The number of aromatic nitrogens is 5. The molecule has 0 unspecified atom stereocenters. The molecule has 0 atom stereocenters. The minimum absolute atomic E-state index is 0.587. The van der Waals surface area contributed by atoms with E-state index in [-0.39, 0.29) is 0 Å². The lowest BCUT2D eigenvalue weighted by molar-refractivity contribution is 1.07. The molecule has 0 aliphatic carbocycles. The average molecular weight is 602 g/mol. The number of nitrogens with zero attached hydrogens (tertiary/aromatic N) is 5. The standard InChI is InChI=1S/C42H27N5/c1-2-12-28(13-3-1)32-16-4-5-19-35(32)41-44-40(45-42(46-41)36-20-10-14-29-15-11-27-43-39(29)36)30-23-25-31(26-24-30)47-37-21-8-6-17-33(37)34-18-7-9-22-38(34)47/h1-27H. The Hall–Kier alpha value is -6.46. The van der Waals surface area contributed by atoms with Crippen LogP contribution in [0.5, 0.6) is 0 Å². The summed E-state index contributed by atoms with van der Waals surface area (Å²) in [7, 11) is 0. The summed E-state index contributed by atoms with van der Waals surface area (Å²) < 4.78 is 2.32. The maximum atomic E-state index is 5.11. The molecule has 6 aromatic carbocycles. The van der Waals surface area contributed by atoms with Gasteiger partial charge in [-0.2, -0.15) is 0 Å². The van der Waals surface area contributed by atoms with Crippen LogP contribution in [0.4, 0.5) is 0 Å². The second-order valence-corrected chi connectivity index (χ2v) is 11.5. The second kappa shape index (κ2) is 11.2. The Morgan fingerprint density at radius 3 is 1.70 bits per heavy atom. The van der Waals surface area contributed by atoms with Crippen LogP contribution in [0.3, 0.4) is 0 Å². The van der Waals surface area contributed by atoms with Gasteiger partial charge in [0.15, 0.2) is 17.5 Å². The van der Waals surface area contributed by atoms with Gasteiger partial charge in [-0.3, -0.25) is 4.98 Å². The molecule has 3 aromatic heterocycles. The van der Waals surface area contributed by atoms with Crippen LogP contribution >= 0.6 is 0 Å². The van der Waals surface area contributed by atoms with Crippen molar-refractivity contribution in [2.24, 2.45) is 0 Å². The molecule has 47 heavy (non-hydrogen) atoms. The molecule has 0 saturated carbocycles. The predicted molar refractivity (Wildman–Crippen MR) is 191 cm³/mol. The van der Waals surface area contributed by atoms with Crippen LogP contribution in [0.1, 0.15) is 0 Å². The minimum atomic E-state index is 0.587. The third-order valence-corrected chi connectivity index (χ3v) is 8.73. The van der Waals surface area contributed by atoms with E-state index in [4.69, 9.17) is 19.9 Å². The molecule has 0 spiro atoms. The van der Waals surface area contributed by atoms with Crippen molar-refractivity contribution in [1.29, 1.82) is 0 Å². The van der Waals surface area contributed by atoms with Gasteiger partial charge in [-0.25, -0.2) is 15.0 Å². The van der Waals surface area contributed by atoms with Crippen LogP contribution in [0.2, 0.25) is 0 Å². The summed E-state index contributed by atoms with van der Waals surface area (Å²) in [5.74, 6) is 1.81. The van der Waals surface area contributed by atoms with E-state index in [0.29, 0.717) is 17.5 Å². The Bertz CT molecular complexity index is 2510. The highest BCUT2D eigenvalue weighted by Gasteiger charge is 2.18. The van der Waals surface area contributed by atoms with Crippen LogP contribution in [-0.2, 0) is 0 Å². The molecule has 3 heterocycles. The zero-order valence-corrected chi connectivity index (χ0v) is 25.3. The first-order valence-electron chi connectivity index (χ1n) is 15.7. The summed E-state index contributed by atoms with van der Waals surface area (Å²) in [6.07, 6.45) is 1.81. The van der Waals surface area contributed by atoms with Crippen molar-refractivity contribution in [2.75, 3.05) is 0 Å². The number of benzene rings is 6. The summed E-state index contributed by atoms with van der Waals surface area (Å²) in [6.45, 7) is 0. The largest absolute Gasteiger partial charge is 0.309 e. The zero-order valence-electron chi connectivity index (χ0n) is 25.3. The Labute approximate surface area is 271 Å². The van der Waals surface area contributed by atoms with Crippen LogP contribution in [0.25, 0.3) is 83.7 Å². The highest BCUT2D eigenvalue weighted by atomic mass is 15.0. The molecule has 0 amide bonds. The maximum Gasteiger partial charge on any atom is 0.166 e. The fraction of sp³-hybridized carbons (Fsp3) is 0. The van der Waals surface area contributed by atoms with E-state index in [1.165, 1.54) is 21.8 Å². The summed E-state index contributed by atoms with van der Waals surface area (Å²) in [6, 6.07) is 54.4. The van der Waals surface area contributed by atoms with Gasteiger partial charge < -0.3 is 4.57 Å². The van der Waals surface area contributed by atoms with Gasteiger partial charge in [-0.15, -0.1) is 0 Å². The van der Waals surface area contributed by atoms with Gasteiger partial charge in [0.2, 0.25) is 0 Å². The molecule has 5 heteroatoms. The molecule has 0 saturated heterocycles. The lowest BCUT2D eigenvalue weighted by atomic mass is 9.99.